The maximum Gasteiger partial charge on any atom is 0.262 e. The molecule has 0 aliphatic rings. The van der Waals surface area contributed by atoms with Crippen LogP contribution in [-0.2, 0) is 23.2 Å². The Bertz CT molecular complexity index is 1220. The summed E-state index contributed by atoms with van der Waals surface area (Å²) >= 11 is 5.37. The Balaban J connectivity index is 1.81. The van der Waals surface area contributed by atoms with E-state index in [9.17, 15) is 9.59 Å². The first-order valence-corrected chi connectivity index (χ1v) is 11.1. The molecule has 0 aliphatic heterocycles. The van der Waals surface area contributed by atoms with Crippen molar-refractivity contribution in [3.8, 4) is 0 Å². The molecule has 0 saturated heterocycles. The van der Waals surface area contributed by atoms with Gasteiger partial charge in [0.05, 0.1) is 10.9 Å². The number of nitrogens with one attached hydrogen (secondary N) is 1. The molecule has 2 aromatic carbocycles. The Kier molecular flexibility index (Phi) is 7.31. The fourth-order valence-electron chi connectivity index (χ4n) is 3.63. The van der Waals surface area contributed by atoms with E-state index in [0.717, 1.165) is 5.56 Å². The topological polar surface area (TPSA) is 67.3 Å². The highest BCUT2D eigenvalue weighted by Gasteiger charge is 2.16. The molecule has 0 saturated carbocycles. The van der Waals surface area contributed by atoms with Crippen LogP contribution in [0.4, 0.5) is 0 Å². The van der Waals surface area contributed by atoms with Gasteiger partial charge < -0.3 is 14.6 Å². The normalized spacial score (nSPS) is 11.7. The van der Waals surface area contributed by atoms with Crippen molar-refractivity contribution in [3.05, 3.63) is 74.3 Å². The number of rotatable bonds is 7. The van der Waals surface area contributed by atoms with Crippen LogP contribution in [0.2, 0.25) is 0 Å². The van der Waals surface area contributed by atoms with Crippen LogP contribution < -0.4 is 5.56 Å². The molecule has 32 heavy (non-hydrogen) atoms. The summed E-state index contributed by atoms with van der Waals surface area (Å²) < 4.78 is 6.93. The van der Waals surface area contributed by atoms with Crippen LogP contribution in [-0.4, -0.2) is 41.1 Å². The van der Waals surface area contributed by atoms with E-state index in [-0.39, 0.29) is 16.9 Å². The number of aromatic amines is 1. The molecule has 0 fully saturated rings. The van der Waals surface area contributed by atoms with Crippen molar-refractivity contribution in [1.29, 1.82) is 0 Å². The third-order valence-electron chi connectivity index (χ3n) is 5.55. The SMILES string of the molecule is COCCCn1c(=S)[nH]c2cc(C(=O)N(C)Cc3ccc(C(C)(C)C)cc3)ccc2c1=O. The second-order valence-corrected chi connectivity index (χ2v) is 9.49. The zero-order valence-electron chi connectivity index (χ0n) is 19.4. The summed E-state index contributed by atoms with van der Waals surface area (Å²) in [5.41, 5.74) is 3.32. The molecule has 3 rings (SSSR count). The molecule has 0 aliphatic carbocycles. The van der Waals surface area contributed by atoms with Crippen LogP contribution in [0, 0.1) is 4.77 Å². The van der Waals surface area contributed by atoms with Gasteiger partial charge in [0.2, 0.25) is 0 Å². The first kappa shape index (κ1) is 23.9. The summed E-state index contributed by atoms with van der Waals surface area (Å²) in [6, 6.07) is 13.4. The third-order valence-corrected chi connectivity index (χ3v) is 5.87. The van der Waals surface area contributed by atoms with Crippen LogP contribution in [0.25, 0.3) is 10.9 Å². The number of aromatic nitrogens is 2. The van der Waals surface area contributed by atoms with Crippen LogP contribution in [0.3, 0.4) is 0 Å². The van der Waals surface area contributed by atoms with Gasteiger partial charge in [-0.1, -0.05) is 45.0 Å². The monoisotopic (exact) mass is 453 g/mol. The van der Waals surface area contributed by atoms with Crippen LogP contribution in [0.15, 0.2) is 47.3 Å². The number of benzene rings is 2. The number of H-pyrrole nitrogens is 1. The minimum Gasteiger partial charge on any atom is -0.385 e. The van der Waals surface area contributed by atoms with E-state index < -0.39 is 0 Å². The highest BCUT2D eigenvalue weighted by molar-refractivity contribution is 7.71. The van der Waals surface area contributed by atoms with Crippen molar-refractivity contribution in [2.24, 2.45) is 0 Å². The lowest BCUT2D eigenvalue weighted by Gasteiger charge is -2.21. The minimum absolute atomic E-state index is 0.0910. The van der Waals surface area contributed by atoms with E-state index in [4.69, 9.17) is 17.0 Å². The van der Waals surface area contributed by atoms with Crippen LogP contribution in [0.1, 0.15) is 48.7 Å². The number of carbonyl (C=O) groups excluding carboxylic acids is 1. The molecule has 1 aromatic heterocycles. The van der Waals surface area contributed by atoms with Gasteiger partial charge >= 0.3 is 0 Å². The number of methoxy groups -OCH3 is 1. The van der Waals surface area contributed by atoms with Crippen molar-refractivity contribution in [2.45, 2.75) is 45.7 Å². The maximum atomic E-state index is 13.0. The summed E-state index contributed by atoms with van der Waals surface area (Å²) in [6.45, 7) is 8.07. The number of nitrogens with zero attached hydrogens (tertiary/aromatic N) is 2. The van der Waals surface area contributed by atoms with Crippen molar-refractivity contribution in [3.63, 3.8) is 0 Å². The number of amides is 1. The van der Waals surface area contributed by atoms with Crippen molar-refractivity contribution < 1.29 is 9.53 Å². The molecule has 0 spiro atoms. The number of carbonyl (C=O) groups is 1. The summed E-state index contributed by atoms with van der Waals surface area (Å²) in [7, 11) is 3.40. The van der Waals surface area contributed by atoms with E-state index in [0.29, 0.717) is 47.4 Å². The van der Waals surface area contributed by atoms with Gasteiger partial charge in [0.15, 0.2) is 4.77 Å². The highest BCUT2D eigenvalue weighted by Crippen LogP contribution is 2.22. The number of ether oxygens (including phenoxy) is 1. The van der Waals surface area contributed by atoms with E-state index >= 15 is 0 Å². The van der Waals surface area contributed by atoms with Crippen molar-refractivity contribution in [1.82, 2.24) is 14.5 Å². The third kappa shape index (κ3) is 5.34. The van der Waals surface area contributed by atoms with Gasteiger partial charge in [-0.2, -0.15) is 0 Å². The zero-order chi connectivity index (χ0) is 23.5. The predicted molar refractivity (Wildman–Crippen MR) is 131 cm³/mol. The Morgan fingerprint density at radius 2 is 1.84 bits per heavy atom. The Labute approximate surface area is 193 Å². The fourth-order valence-corrected chi connectivity index (χ4v) is 3.92. The summed E-state index contributed by atoms with van der Waals surface area (Å²) in [5.74, 6) is -0.115. The second-order valence-electron chi connectivity index (χ2n) is 9.10. The molecule has 0 unspecified atom stereocenters. The second kappa shape index (κ2) is 9.79. The van der Waals surface area contributed by atoms with E-state index in [2.05, 4.69) is 50.0 Å². The minimum atomic E-state index is -0.161. The first-order valence-electron chi connectivity index (χ1n) is 10.7. The largest absolute Gasteiger partial charge is 0.385 e. The predicted octanol–water partition coefficient (Wildman–Crippen LogP) is 4.67. The van der Waals surface area contributed by atoms with Gasteiger partial charge in [0.1, 0.15) is 0 Å². The Hall–Kier alpha value is -2.77. The van der Waals surface area contributed by atoms with E-state index in [1.54, 1.807) is 37.3 Å². The fraction of sp³-hybridized carbons (Fsp3) is 0.400. The molecular formula is C25H31N3O3S. The van der Waals surface area contributed by atoms with E-state index in [1.807, 2.05) is 0 Å². The van der Waals surface area contributed by atoms with Gasteiger partial charge in [-0.3, -0.25) is 14.2 Å². The first-order chi connectivity index (χ1) is 15.1. The molecule has 170 valence electrons. The molecule has 6 nitrogen and oxygen atoms in total. The van der Waals surface area contributed by atoms with E-state index in [1.165, 1.54) is 10.1 Å². The van der Waals surface area contributed by atoms with Gasteiger partial charge in [-0.05, 0) is 53.4 Å². The standard InChI is InChI=1S/C25H31N3O3S/c1-25(2,3)19-10-7-17(8-11-19)16-27(4)22(29)18-9-12-20-21(15-18)26-24(32)28(23(20)30)13-6-14-31-5/h7-12,15H,6,13-14,16H2,1-5H3,(H,26,32). The Morgan fingerprint density at radius 3 is 2.47 bits per heavy atom. The molecule has 3 aromatic rings. The molecule has 0 bridgehead atoms. The highest BCUT2D eigenvalue weighted by atomic mass is 32.1. The molecule has 7 heteroatoms. The van der Waals surface area contributed by atoms with Gasteiger partial charge in [-0.25, -0.2) is 0 Å². The molecule has 0 atom stereocenters. The molecule has 0 radical (unpaired) electrons. The van der Waals surface area contributed by atoms with Gasteiger partial charge in [0.25, 0.3) is 11.5 Å². The van der Waals surface area contributed by atoms with Crippen molar-refractivity contribution >= 4 is 29.0 Å². The smallest absolute Gasteiger partial charge is 0.262 e. The molecule has 1 N–H and O–H groups in total. The average molecular weight is 454 g/mol. The lowest BCUT2D eigenvalue weighted by Crippen LogP contribution is -2.27. The maximum absolute atomic E-state index is 13.0. The van der Waals surface area contributed by atoms with Crippen LogP contribution in [0.5, 0.6) is 0 Å². The van der Waals surface area contributed by atoms with Gasteiger partial charge in [0, 0.05) is 39.4 Å². The summed E-state index contributed by atoms with van der Waals surface area (Å²) in [5, 5.41) is 0.507. The number of fused-ring (bicyclic) bond motifs is 1. The number of hydrogen-bond acceptors (Lipinski definition) is 4. The number of hydrogen-bond donors (Lipinski definition) is 1. The molecule has 1 amide bonds. The van der Waals surface area contributed by atoms with Gasteiger partial charge in [-0.15, -0.1) is 0 Å². The quantitative estimate of drug-likeness (QED) is 0.417. The van der Waals surface area contributed by atoms with Crippen molar-refractivity contribution in [2.75, 3.05) is 20.8 Å². The molecule has 1 heterocycles. The Morgan fingerprint density at radius 1 is 1.16 bits per heavy atom. The summed E-state index contributed by atoms with van der Waals surface area (Å²) in [4.78, 5) is 30.6. The lowest BCUT2D eigenvalue weighted by atomic mass is 9.87. The lowest BCUT2D eigenvalue weighted by molar-refractivity contribution is 0.0785. The zero-order valence-corrected chi connectivity index (χ0v) is 20.2. The summed E-state index contributed by atoms with van der Waals surface area (Å²) in [6.07, 6.45) is 0.692. The van der Waals surface area contributed by atoms with Crippen LogP contribution >= 0.6 is 12.2 Å². The average Bonchev–Trinajstić information content (AvgIpc) is 2.75. The molecular weight excluding hydrogens is 422 g/mol.